The molecule has 1 unspecified atom stereocenters. The molecule has 0 bridgehead atoms. The molecule has 1 aromatic carbocycles. The summed E-state index contributed by atoms with van der Waals surface area (Å²) in [5.41, 5.74) is 0.849. The van der Waals surface area contributed by atoms with Crippen LogP contribution in [0.2, 0.25) is 0 Å². The summed E-state index contributed by atoms with van der Waals surface area (Å²) in [6, 6.07) is 7.27. The van der Waals surface area contributed by atoms with Crippen molar-refractivity contribution in [3.63, 3.8) is 0 Å². The number of nitrogens with one attached hydrogen (secondary N) is 1. The number of carbonyl (C=O) groups excluding carboxylic acids is 1. The molecule has 0 aromatic heterocycles. The van der Waals surface area contributed by atoms with Crippen LogP contribution in [0.5, 0.6) is 0 Å². The van der Waals surface area contributed by atoms with Crippen molar-refractivity contribution in [1.82, 2.24) is 5.32 Å². The zero-order valence-corrected chi connectivity index (χ0v) is 14.4. The lowest BCUT2D eigenvalue weighted by atomic mass is 9.86. The van der Waals surface area contributed by atoms with Gasteiger partial charge in [-0.1, -0.05) is 31.4 Å². The molecule has 23 heavy (non-hydrogen) atoms. The van der Waals surface area contributed by atoms with Gasteiger partial charge in [0.05, 0.1) is 12.5 Å². The number of amides is 1. The Labute approximate surface area is 142 Å². The first kappa shape index (κ1) is 17.9. The molecule has 0 aliphatic heterocycles. The average molecular weight is 335 g/mol. The van der Waals surface area contributed by atoms with Gasteiger partial charge < -0.3 is 10.4 Å². The molecule has 5 heteroatoms. The van der Waals surface area contributed by atoms with Crippen LogP contribution in [0.25, 0.3) is 0 Å². The van der Waals surface area contributed by atoms with Crippen molar-refractivity contribution in [2.75, 3.05) is 6.26 Å². The van der Waals surface area contributed by atoms with Gasteiger partial charge in [-0.2, -0.15) is 0 Å². The maximum atomic E-state index is 12.3. The first-order valence-electron chi connectivity index (χ1n) is 8.23. The summed E-state index contributed by atoms with van der Waals surface area (Å²) < 4.78 is 0. The van der Waals surface area contributed by atoms with Gasteiger partial charge >= 0.3 is 5.97 Å². The van der Waals surface area contributed by atoms with E-state index in [-0.39, 0.29) is 12.3 Å². The summed E-state index contributed by atoms with van der Waals surface area (Å²) in [6.45, 7) is 0. The van der Waals surface area contributed by atoms with E-state index < -0.39 is 12.0 Å². The summed E-state index contributed by atoms with van der Waals surface area (Å²) in [4.78, 5) is 24.5. The molecule has 2 N–H and O–H groups in total. The monoisotopic (exact) mass is 335 g/mol. The summed E-state index contributed by atoms with van der Waals surface area (Å²) in [5.74, 6) is -0.480. The maximum Gasteiger partial charge on any atom is 0.305 e. The molecule has 2 rings (SSSR count). The van der Waals surface area contributed by atoms with Crippen LogP contribution in [0.3, 0.4) is 0 Å². The predicted octanol–water partition coefficient (Wildman–Crippen LogP) is 4.01. The second kappa shape index (κ2) is 8.96. The van der Waals surface area contributed by atoms with Crippen molar-refractivity contribution >= 4 is 23.6 Å². The van der Waals surface area contributed by atoms with Crippen LogP contribution in [0.4, 0.5) is 0 Å². The van der Waals surface area contributed by atoms with Gasteiger partial charge in [-0.3, -0.25) is 9.59 Å². The highest BCUT2D eigenvalue weighted by atomic mass is 32.2. The quantitative estimate of drug-likeness (QED) is 0.739. The topological polar surface area (TPSA) is 66.4 Å². The molecule has 1 amide bonds. The Morgan fingerprint density at radius 1 is 1.22 bits per heavy atom. The van der Waals surface area contributed by atoms with E-state index in [1.54, 1.807) is 11.8 Å². The highest BCUT2D eigenvalue weighted by Crippen LogP contribution is 2.27. The molecule has 1 saturated carbocycles. The first-order chi connectivity index (χ1) is 11.1. The third kappa shape index (κ3) is 5.90. The largest absolute Gasteiger partial charge is 0.481 e. The fraction of sp³-hybridized carbons (Fsp3) is 0.556. The molecule has 1 aromatic rings. The van der Waals surface area contributed by atoms with Gasteiger partial charge in [-0.25, -0.2) is 0 Å². The van der Waals surface area contributed by atoms with Crippen LogP contribution in [-0.4, -0.2) is 23.2 Å². The number of carboxylic acid groups (broad SMARTS) is 1. The highest BCUT2D eigenvalue weighted by molar-refractivity contribution is 7.98. The Morgan fingerprint density at radius 2 is 1.87 bits per heavy atom. The van der Waals surface area contributed by atoms with E-state index >= 15 is 0 Å². The lowest BCUT2D eigenvalue weighted by molar-refractivity contribution is -0.137. The van der Waals surface area contributed by atoms with Gasteiger partial charge in [-0.15, -0.1) is 11.8 Å². The summed E-state index contributed by atoms with van der Waals surface area (Å²) in [5, 5.41) is 12.0. The number of benzene rings is 1. The van der Waals surface area contributed by atoms with Gasteiger partial charge in [-0.05, 0) is 42.7 Å². The van der Waals surface area contributed by atoms with E-state index in [0.717, 1.165) is 23.3 Å². The van der Waals surface area contributed by atoms with E-state index in [0.29, 0.717) is 12.3 Å². The standard InChI is InChI=1S/C18H25NO3S/c1-23-15-9-7-14(8-10-15)16(12-18(21)22)19-17(20)11-13-5-3-2-4-6-13/h7-10,13,16H,2-6,11-12H2,1H3,(H,19,20)(H,21,22). The summed E-state index contributed by atoms with van der Waals surface area (Å²) in [6.07, 6.45) is 8.31. The number of rotatable bonds is 7. The average Bonchev–Trinajstić information content (AvgIpc) is 2.55. The molecular weight excluding hydrogens is 310 g/mol. The van der Waals surface area contributed by atoms with Crippen LogP contribution in [-0.2, 0) is 9.59 Å². The minimum atomic E-state index is -0.901. The van der Waals surface area contributed by atoms with Crippen LogP contribution in [0.1, 0.15) is 56.6 Å². The fourth-order valence-corrected chi connectivity index (χ4v) is 3.58. The van der Waals surface area contributed by atoms with Crippen molar-refractivity contribution in [2.24, 2.45) is 5.92 Å². The molecule has 126 valence electrons. The number of hydrogen-bond donors (Lipinski definition) is 2. The van der Waals surface area contributed by atoms with Crippen LogP contribution >= 0.6 is 11.8 Å². The Hall–Kier alpha value is -1.49. The van der Waals surface area contributed by atoms with E-state index in [1.807, 2.05) is 30.5 Å². The number of hydrogen-bond acceptors (Lipinski definition) is 3. The van der Waals surface area contributed by atoms with Crippen molar-refractivity contribution in [1.29, 1.82) is 0 Å². The molecule has 1 aliphatic rings. The zero-order valence-electron chi connectivity index (χ0n) is 13.6. The van der Waals surface area contributed by atoms with Crippen molar-refractivity contribution < 1.29 is 14.7 Å². The molecule has 0 heterocycles. The molecular formula is C18H25NO3S. The number of carbonyl (C=O) groups is 2. The number of carboxylic acids is 1. The smallest absolute Gasteiger partial charge is 0.305 e. The lowest BCUT2D eigenvalue weighted by Crippen LogP contribution is -2.31. The van der Waals surface area contributed by atoms with Gasteiger partial charge in [0.25, 0.3) is 0 Å². The van der Waals surface area contributed by atoms with Crippen molar-refractivity contribution in [3.8, 4) is 0 Å². The summed E-state index contributed by atoms with van der Waals surface area (Å²) >= 11 is 1.64. The normalized spacial score (nSPS) is 16.7. The van der Waals surface area contributed by atoms with E-state index in [4.69, 9.17) is 5.11 Å². The molecule has 1 fully saturated rings. The van der Waals surface area contributed by atoms with E-state index in [2.05, 4.69) is 5.32 Å². The van der Waals surface area contributed by atoms with Crippen LogP contribution in [0, 0.1) is 5.92 Å². The summed E-state index contributed by atoms with van der Waals surface area (Å²) in [7, 11) is 0. The second-order valence-electron chi connectivity index (χ2n) is 6.20. The maximum absolute atomic E-state index is 12.3. The van der Waals surface area contributed by atoms with Crippen molar-refractivity contribution in [3.05, 3.63) is 29.8 Å². The number of aliphatic carboxylic acids is 1. The third-order valence-corrected chi connectivity index (χ3v) is 5.17. The first-order valence-corrected chi connectivity index (χ1v) is 9.46. The predicted molar refractivity (Wildman–Crippen MR) is 92.6 cm³/mol. The minimum Gasteiger partial charge on any atom is -0.481 e. The molecule has 0 spiro atoms. The van der Waals surface area contributed by atoms with E-state index in [9.17, 15) is 9.59 Å². The van der Waals surface area contributed by atoms with Gasteiger partial charge in [0.1, 0.15) is 0 Å². The molecule has 1 aliphatic carbocycles. The van der Waals surface area contributed by atoms with Gasteiger partial charge in [0.2, 0.25) is 5.91 Å². The van der Waals surface area contributed by atoms with Crippen LogP contribution in [0.15, 0.2) is 29.2 Å². The SMILES string of the molecule is CSc1ccc(C(CC(=O)O)NC(=O)CC2CCCCC2)cc1. The van der Waals surface area contributed by atoms with Crippen molar-refractivity contribution in [2.45, 2.75) is 55.9 Å². The molecule has 4 nitrogen and oxygen atoms in total. The highest BCUT2D eigenvalue weighted by Gasteiger charge is 2.21. The minimum absolute atomic E-state index is 0.0305. The fourth-order valence-electron chi connectivity index (χ4n) is 3.17. The Kier molecular flexibility index (Phi) is 6.96. The Balaban J connectivity index is 1.99. The number of thioether (sulfide) groups is 1. The van der Waals surface area contributed by atoms with Gasteiger partial charge in [0.15, 0.2) is 0 Å². The van der Waals surface area contributed by atoms with Crippen LogP contribution < -0.4 is 5.32 Å². The molecule has 0 saturated heterocycles. The molecule has 1 atom stereocenters. The lowest BCUT2D eigenvalue weighted by Gasteiger charge is -2.23. The van der Waals surface area contributed by atoms with Gasteiger partial charge in [0, 0.05) is 11.3 Å². The van der Waals surface area contributed by atoms with E-state index in [1.165, 1.54) is 19.3 Å². The Bertz CT molecular complexity index is 524. The molecule has 0 radical (unpaired) electrons. The second-order valence-corrected chi connectivity index (χ2v) is 7.08. The zero-order chi connectivity index (χ0) is 16.7. The Morgan fingerprint density at radius 3 is 2.43 bits per heavy atom. The third-order valence-electron chi connectivity index (χ3n) is 4.43.